The molecule has 1 amide bonds. The van der Waals surface area contributed by atoms with Crippen LogP contribution < -0.4 is 10.0 Å². The van der Waals surface area contributed by atoms with Crippen LogP contribution in [0.5, 0.6) is 0 Å². The third-order valence-corrected chi connectivity index (χ3v) is 6.35. The molecule has 0 spiro atoms. The largest absolute Gasteiger partial charge is 0.322 e. The van der Waals surface area contributed by atoms with Crippen molar-refractivity contribution in [2.45, 2.75) is 25.7 Å². The van der Waals surface area contributed by atoms with E-state index in [1.807, 2.05) is 39.0 Å². The third kappa shape index (κ3) is 4.78. The van der Waals surface area contributed by atoms with E-state index in [1.165, 1.54) is 30.3 Å². The predicted molar refractivity (Wildman–Crippen MR) is 117 cm³/mol. The Bertz CT molecular complexity index is 1170. The fraction of sp³-hybridized carbons (Fsp3) is 0.136. The second-order valence-electron chi connectivity index (χ2n) is 6.81. The first-order chi connectivity index (χ1) is 13.7. The quantitative estimate of drug-likeness (QED) is 0.577. The molecular weight excluding hydrogens is 408 g/mol. The number of benzene rings is 3. The lowest BCUT2D eigenvalue weighted by molar-refractivity contribution is 0.102. The number of hydrogen-bond donors (Lipinski definition) is 2. The summed E-state index contributed by atoms with van der Waals surface area (Å²) in [5, 5.41) is 2.99. The van der Waals surface area contributed by atoms with Crippen molar-refractivity contribution < 1.29 is 13.2 Å². The standard InChI is InChI=1S/C22H21ClN2O3S/c1-14-7-10-18(11-8-14)29(27,28)25-21-12-9-17(13-19(21)23)22(26)24-20-6-4-5-15(2)16(20)3/h4-13,25H,1-3H3,(H,24,26). The molecule has 0 aliphatic carbocycles. The summed E-state index contributed by atoms with van der Waals surface area (Å²) in [6, 6.07) is 16.6. The van der Waals surface area contributed by atoms with Crippen LogP contribution in [0.3, 0.4) is 0 Å². The third-order valence-electron chi connectivity index (χ3n) is 4.66. The molecule has 3 rings (SSSR count). The number of nitrogens with one attached hydrogen (secondary N) is 2. The van der Waals surface area contributed by atoms with Crippen molar-refractivity contribution in [3.05, 3.63) is 87.9 Å². The maximum atomic E-state index is 12.6. The molecule has 0 fully saturated rings. The maximum absolute atomic E-state index is 12.6. The van der Waals surface area contributed by atoms with E-state index in [1.54, 1.807) is 12.1 Å². The molecule has 3 aromatic carbocycles. The van der Waals surface area contributed by atoms with Crippen molar-refractivity contribution >= 4 is 38.9 Å². The van der Waals surface area contributed by atoms with Crippen molar-refractivity contribution in [2.24, 2.45) is 0 Å². The SMILES string of the molecule is Cc1ccc(S(=O)(=O)Nc2ccc(C(=O)Nc3cccc(C)c3C)cc2Cl)cc1. The summed E-state index contributed by atoms with van der Waals surface area (Å²) in [7, 11) is -3.78. The average molecular weight is 429 g/mol. The van der Waals surface area contributed by atoms with E-state index in [4.69, 9.17) is 11.6 Å². The summed E-state index contributed by atoms with van der Waals surface area (Å²) in [5.74, 6) is -0.325. The van der Waals surface area contributed by atoms with Crippen molar-refractivity contribution in [2.75, 3.05) is 10.0 Å². The monoisotopic (exact) mass is 428 g/mol. The summed E-state index contributed by atoms with van der Waals surface area (Å²) in [4.78, 5) is 12.7. The molecule has 0 aliphatic rings. The average Bonchev–Trinajstić information content (AvgIpc) is 2.67. The Balaban J connectivity index is 1.80. The second kappa shape index (κ2) is 8.27. The van der Waals surface area contributed by atoms with Crippen LogP contribution in [0.1, 0.15) is 27.0 Å². The normalized spacial score (nSPS) is 11.2. The van der Waals surface area contributed by atoms with Crippen LogP contribution in [0.2, 0.25) is 5.02 Å². The molecule has 0 atom stereocenters. The number of amides is 1. The topological polar surface area (TPSA) is 75.3 Å². The van der Waals surface area contributed by atoms with Gasteiger partial charge in [0, 0.05) is 11.3 Å². The van der Waals surface area contributed by atoms with Crippen LogP contribution in [0.4, 0.5) is 11.4 Å². The Kier molecular flexibility index (Phi) is 5.96. The maximum Gasteiger partial charge on any atom is 0.261 e. The number of carbonyl (C=O) groups is 1. The Labute approximate surface area is 175 Å². The highest BCUT2D eigenvalue weighted by Gasteiger charge is 2.17. The molecule has 0 bridgehead atoms. The molecule has 0 radical (unpaired) electrons. The molecule has 0 unspecified atom stereocenters. The molecule has 150 valence electrons. The van der Waals surface area contributed by atoms with Gasteiger partial charge in [-0.2, -0.15) is 0 Å². The van der Waals surface area contributed by atoms with Gasteiger partial charge in [-0.05, 0) is 68.3 Å². The van der Waals surface area contributed by atoms with Crippen LogP contribution in [-0.4, -0.2) is 14.3 Å². The van der Waals surface area contributed by atoms with Gasteiger partial charge in [0.05, 0.1) is 15.6 Å². The molecule has 0 heterocycles. The van der Waals surface area contributed by atoms with Crippen LogP contribution >= 0.6 is 11.6 Å². The first kappa shape index (κ1) is 20.9. The van der Waals surface area contributed by atoms with Crippen LogP contribution in [0.25, 0.3) is 0 Å². The van der Waals surface area contributed by atoms with Gasteiger partial charge in [0.15, 0.2) is 0 Å². The molecule has 7 heteroatoms. The summed E-state index contributed by atoms with van der Waals surface area (Å²) in [6.07, 6.45) is 0. The molecule has 3 aromatic rings. The van der Waals surface area contributed by atoms with E-state index in [0.717, 1.165) is 22.4 Å². The number of halogens is 1. The number of aryl methyl sites for hydroxylation is 2. The Hall–Kier alpha value is -2.83. The molecule has 29 heavy (non-hydrogen) atoms. The van der Waals surface area contributed by atoms with Crippen LogP contribution in [-0.2, 0) is 10.0 Å². The Morgan fingerprint density at radius 1 is 0.897 bits per heavy atom. The minimum Gasteiger partial charge on any atom is -0.322 e. The van der Waals surface area contributed by atoms with Gasteiger partial charge >= 0.3 is 0 Å². The Morgan fingerprint density at radius 2 is 1.59 bits per heavy atom. The van der Waals surface area contributed by atoms with Gasteiger partial charge < -0.3 is 5.32 Å². The van der Waals surface area contributed by atoms with Crippen molar-refractivity contribution in [3.8, 4) is 0 Å². The molecule has 2 N–H and O–H groups in total. The first-order valence-corrected chi connectivity index (χ1v) is 10.8. The first-order valence-electron chi connectivity index (χ1n) is 8.94. The number of anilines is 2. The van der Waals surface area contributed by atoms with E-state index in [9.17, 15) is 13.2 Å². The zero-order chi connectivity index (χ0) is 21.2. The van der Waals surface area contributed by atoms with E-state index >= 15 is 0 Å². The number of carbonyl (C=O) groups excluding carboxylic acids is 1. The lowest BCUT2D eigenvalue weighted by atomic mass is 10.1. The summed E-state index contributed by atoms with van der Waals surface area (Å²) in [6.45, 7) is 5.78. The minimum absolute atomic E-state index is 0.134. The highest BCUT2D eigenvalue weighted by atomic mass is 35.5. The van der Waals surface area contributed by atoms with Crippen molar-refractivity contribution in [3.63, 3.8) is 0 Å². The van der Waals surface area contributed by atoms with Gasteiger partial charge in [0.25, 0.3) is 15.9 Å². The van der Waals surface area contributed by atoms with Gasteiger partial charge in [0.2, 0.25) is 0 Å². The van der Waals surface area contributed by atoms with Gasteiger partial charge in [-0.1, -0.05) is 41.4 Å². The lowest BCUT2D eigenvalue weighted by Crippen LogP contribution is -2.15. The van der Waals surface area contributed by atoms with Gasteiger partial charge in [-0.15, -0.1) is 0 Å². The van der Waals surface area contributed by atoms with Crippen molar-refractivity contribution in [1.29, 1.82) is 0 Å². The van der Waals surface area contributed by atoms with E-state index < -0.39 is 10.0 Å². The number of rotatable bonds is 5. The number of sulfonamides is 1. The summed E-state index contributed by atoms with van der Waals surface area (Å²) < 4.78 is 27.6. The molecule has 0 saturated heterocycles. The summed E-state index contributed by atoms with van der Waals surface area (Å²) >= 11 is 6.24. The van der Waals surface area contributed by atoms with Crippen LogP contribution in [0.15, 0.2) is 65.6 Å². The highest BCUT2D eigenvalue weighted by Crippen LogP contribution is 2.27. The Morgan fingerprint density at radius 3 is 2.24 bits per heavy atom. The van der Waals surface area contributed by atoms with Gasteiger partial charge in [0.1, 0.15) is 0 Å². The predicted octanol–water partition coefficient (Wildman–Crippen LogP) is 5.32. The molecule has 5 nitrogen and oxygen atoms in total. The lowest BCUT2D eigenvalue weighted by Gasteiger charge is -2.13. The molecular formula is C22H21ClN2O3S. The summed E-state index contributed by atoms with van der Waals surface area (Å²) in [5.41, 5.74) is 4.26. The molecule has 0 aliphatic heterocycles. The van der Waals surface area contributed by atoms with Gasteiger partial charge in [-0.3, -0.25) is 9.52 Å². The zero-order valence-corrected chi connectivity index (χ0v) is 17.9. The van der Waals surface area contributed by atoms with E-state index in [2.05, 4.69) is 10.0 Å². The fourth-order valence-electron chi connectivity index (χ4n) is 2.74. The zero-order valence-electron chi connectivity index (χ0n) is 16.3. The van der Waals surface area contributed by atoms with E-state index in [-0.39, 0.29) is 21.5 Å². The van der Waals surface area contributed by atoms with E-state index in [0.29, 0.717) is 5.56 Å². The van der Waals surface area contributed by atoms with Crippen LogP contribution in [0, 0.1) is 20.8 Å². The smallest absolute Gasteiger partial charge is 0.261 e. The van der Waals surface area contributed by atoms with Crippen molar-refractivity contribution in [1.82, 2.24) is 0 Å². The molecule has 0 aromatic heterocycles. The fourth-order valence-corrected chi connectivity index (χ4v) is 4.10. The second-order valence-corrected chi connectivity index (χ2v) is 8.90. The highest BCUT2D eigenvalue weighted by molar-refractivity contribution is 7.92. The number of hydrogen-bond acceptors (Lipinski definition) is 3. The van der Waals surface area contributed by atoms with Gasteiger partial charge in [-0.25, -0.2) is 8.42 Å². The minimum atomic E-state index is -3.78. The molecule has 0 saturated carbocycles.